The third-order valence-corrected chi connectivity index (χ3v) is 9.58. The first-order chi connectivity index (χ1) is 22.0. The van der Waals surface area contributed by atoms with E-state index < -0.39 is 34.3 Å². The van der Waals surface area contributed by atoms with Crippen molar-refractivity contribution in [2.45, 2.75) is 50.2 Å². The maximum atomic E-state index is 14.5. The molecule has 0 radical (unpaired) electrons. The molecule has 0 fully saturated rings. The van der Waals surface area contributed by atoms with Gasteiger partial charge in [-0.25, -0.2) is 12.8 Å². The van der Waals surface area contributed by atoms with Gasteiger partial charge in [-0.05, 0) is 85.1 Å². The van der Waals surface area contributed by atoms with Gasteiger partial charge >= 0.3 is 0 Å². The molecule has 0 aliphatic heterocycles. The maximum absolute atomic E-state index is 14.5. The van der Waals surface area contributed by atoms with E-state index in [0.29, 0.717) is 22.8 Å². The maximum Gasteiger partial charge on any atom is 0.264 e. The molecule has 0 saturated carbocycles. The van der Waals surface area contributed by atoms with Gasteiger partial charge in [0.05, 0.1) is 17.7 Å². The molecule has 1 N–H and O–H groups in total. The number of benzene rings is 4. The summed E-state index contributed by atoms with van der Waals surface area (Å²) < 4.78 is 48.2. The van der Waals surface area contributed by atoms with Gasteiger partial charge in [-0.3, -0.25) is 13.9 Å². The van der Waals surface area contributed by atoms with Crippen molar-refractivity contribution in [2.75, 3.05) is 18.0 Å². The Morgan fingerprint density at radius 1 is 0.913 bits per heavy atom. The van der Waals surface area contributed by atoms with Crippen LogP contribution in [0.5, 0.6) is 5.75 Å². The Hall–Kier alpha value is -4.41. The molecular weight excluding hydrogens is 629 g/mol. The number of anilines is 1. The van der Waals surface area contributed by atoms with Crippen LogP contribution in [0.2, 0.25) is 5.02 Å². The monoisotopic (exact) mass is 665 g/mol. The SMILES string of the molecule is CCC(C)NC(=O)C(Cc1ccccc1)N(Cc1cccc(Cl)c1)C(=O)CN(c1ccc(F)cc1)S(=O)(=O)c1ccc(OC)cc1. The van der Waals surface area contributed by atoms with E-state index in [9.17, 15) is 22.4 Å². The standard InChI is InChI=1S/C35H37ClFN3O5S/c1-4-25(2)38-35(42)33(22-26-9-6-5-7-10-26)39(23-27-11-8-12-28(36)21-27)34(41)24-40(30-15-13-29(37)14-16-30)46(43,44)32-19-17-31(45-3)18-20-32/h5-21,25,33H,4,22-24H2,1-3H3,(H,38,42). The second-order valence-electron chi connectivity index (χ2n) is 10.8. The average molecular weight is 666 g/mol. The van der Waals surface area contributed by atoms with Gasteiger partial charge in [-0.1, -0.05) is 61.0 Å². The van der Waals surface area contributed by atoms with Crippen molar-refractivity contribution in [2.24, 2.45) is 0 Å². The topological polar surface area (TPSA) is 96.0 Å². The first-order valence-corrected chi connectivity index (χ1v) is 16.6. The number of hydrogen-bond donors (Lipinski definition) is 1. The van der Waals surface area contributed by atoms with E-state index in [2.05, 4.69) is 5.32 Å². The van der Waals surface area contributed by atoms with Crippen LogP contribution < -0.4 is 14.4 Å². The molecule has 242 valence electrons. The Balaban J connectivity index is 1.80. The first kappa shape index (κ1) is 34.5. The number of nitrogens with one attached hydrogen (secondary N) is 1. The number of sulfonamides is 1. The number of carbonyl (C=O) groups is 2. The lowest BCUT2D eigenvalue weighted by Gasteiger charge is -2.34. The third-order valence-electron chi connectivity index (χ3n) is 7.55. The summed E-state index contributed by atoms with van der Waals surface area (Å²) in [6.07, 6.45) is 0.849. The van der Waals surface area contributed by atoms with Crippen LogP contribution in [-0.2, 0) is 32.6 Å². The van der Waals surface area contributed by atoms with Crippen molar-refractivity contribution in [1.29, 1.82) is 0 Å². The molecule has 0 aliphatic rings. The Labute approximate surface area is 274 Å². The van der Waals surface area contributed by atoms with Crippen LogP contribution in [0.25, 0.3) is 0 Å². The molecular formula is C35H37ClFN3O5S. The van der Waals surface area contributed by atoms with Crippen molar-refractivity contribution >= 4 is 39.1 Å². The van der Waals surface area contributed by atoms with Gasteiger partial charge < -0.3 is 15.0 Å². The second-order valence-corrected chi connectivity index (χ2v) is 13.1. The molecule has 0 bridgehead atoms. The predicted octanol–water partition coefficient (Wildman–Crippen LogP) is 6.24. The summed E-state index contributed by atoms with van der Waals surface area (Å²) in [5.74, 6) is -1.13. The zero-order valence-corrected chi connectivity index (χ0v) is 27.5. The summed E-state index contributed by atoms with van der Waals surface area (Å²) in [5.41, 5.74) is 1.55. The fourth-order valence-electron chi connectivity index (χ4n) is 4.84. The van der Waals surface area contributed by atoms with Crippen LogP contribution in [0, 0.1) is 5.82 Å². The van der Waals surface area contributed by atoms with E-state index in [1.165, 1.54) is 48.4 Å². The third kappa shape index (κ3) is 8.86. The number of halogens is 2. The number of nitrogens with zero attached hydrogens (tertiary/aromatic N) is 2. The smallest absolute Gasteiger partial charge is 0.264 e. The van der Waals surface area contributed by atoms with E-state index in [0.717, 1.165) is 22.0 Å². The van der Waals surface area contributed by atoms with Gasteiger partial charge in [0.2, 0.25) is 11.8 Å². The van der Waals surface area contributed by atoms with Gasteiger partial charge in [0, 0.05) is 24.0 Å². The Bertz CT molecular complexity index is 1720. The van der Waals surface area contributed by atoms with E-state index in [1.807, 2.05) is 44.2 Å². The largest absolute Gasteiger partial charge is 0.497 e. The van der Waals surface area contributed by atoms with Gasteiger partial charge in [0.25, 0.3) is 10.0 Å². The van der Waals surface area contributed by atoms with Gasteiger partial charge in [-0.15, -0.1) is 0 Å². The highest BCUT2D eigenvalue weighted by molar-refractivity contribution is 7.92. The summed E-state index contributed by atoms with van der Waals surface area (Å²) in [6.45, 7) is 3.13. The number of ether oxygens (including phenoxy) is 1. The minimum Gasteiger partial charge on any atom is -0.497 e. The molecule has 2 unspecified atom stereocenters. The fourth-order valence-corrected chi connectivity index (χ4v) is 6.47. The Kier molecular flexibility index (Phi) is 11.8. The van der Waals surface area contributed by atoms with Gasteiger partial charge in [-0.2, -0.15) is 0 Å². The summed E-state index contributed by atoms with van der Waals surface area (Å²) in [5, 5.41) is 3.44. The molecule has 46 heavy (non-hydrogen) atoms. The average Bonchev–Trinajstić information content (AvgIpc) is 3.06. The first-order valence-electron chi connectivity index (χ1n) is 14.8. The Morgan fingerprint density at radius 2 is 1.57 bits per heavy atom. The fraction of sp³-hybridized carbons (Fsp3) is 0.257. The van der Waals surface area contributed by atoms with Crippen molar-refractivity contribution < 1.29 is 27.1 Å². The number of methoxy groups -OCH3 is 1. The Morgan fingerprint density at radius 3 is 2.17 bits per heavy atom. The molecule has 0 aliphatic carbocycles. The molecule has 4 aromatic rings. The van der Waals surface area contributed by atoms with E-state index in [4.69, 9.17) is 16.3 Å². The van der Waals surface area contributed by atoms with Crippen molar-refractivity contribution in [3.05, 3.63) is 125 Å². The number of hydrogen-bond acceptors (Lipinski definition) is 5. The summed E-state index contributed by atoms with van der Waals surface area (Å²) >= 11 is 6.28. The molecule has 0 saturated heterocycles. The minimum absolute atomic E-state index is 0.0232. The van der Waals surface area contributed by atoms with Crippen molar-refractivity contribution in [1.82, 2.24) is 10.2 Å². The molecule has 4 rings (SSSR count). The summed E-state index contributed by atoms with van der Waals surface area (Å²) in [7, 11) is -2.88. The molecule has 0 heterocycles. The van der Waals surface area contributed by atoms with Crippen LogP contribution in [-0.4, -0.2) is 50.9 Å². The van der Waals surface area contributed by atoms with Crippen LogP contribution in [0.1, 0.15) is 31.4 Å². The second kappa shape index (κ2) is 15.7. The van der Waals surface area contributed by atoms with Crippen LogP contribution >= 0.6 is 11.6 Å². The number of rotatable bonds is 14. The zero-order chi connectivity index (χ0) is 33.3. The zero-order valence-electron chi connectivity index (χ0n) is 25.9. The molecule has 8 nitrogen and oxygen atoms in total. The normalized spacial score (nSPS) is 12.5. The minimum atomic E-state index is -4.34. The molecule has 11 heteroatoms. The molecule has 0 spiro atoms. The molecule has 0 aromatic heterocycles. The van der Waals surface area contributed by atoms with Crippen molar-refractivity contribution in [3.63, 3.8) is 0 Å². The highest BCUT2D eigenvalue weighted by Crippen LogP contribution is 2.27. The van der Waals surface area contributed by atoms with Gasteiger partial charge in [0.15, 0.2) is 0 Å². The van der Waals surface area contributed by atoms with E-state index >= 15 is 0 Å². The lowest BCUT2D eigenvalue weighted by atomic mass is 10.0. The highest BCUT2D eigenvalue weighted by atomic mass is 35.5. The number of amides is 2. The lowest BCUT2D eigenvalue weighted by molar-refractivity contribution is -0.140. The molecule has 2 atom stereocenters. The van der Waals surface area contributed by atoms with Gasteiger partial charge in [0.1, 0.15) is 24.2 Å². The van der Waals surface area contributed by atoms with Crippen LogP contribution in [0.3, 0.4) is 0 Å². The molecule has 2 amide bonds. The van der Waals surface area contributed by atoms with Crippen LogP contribution in [0.4, 0.5) is 10.1 Å². The predicted molar refractivity (Wildman–Crippen MR) is 178 cm³/mol. The highest BCUT2D eigenvalue weighted by Gasteiger charge is 2.35. The quantitative estimate of drug-likeness (QED) is 0.172. The van der Waals surface area contributed by atoms with Crippen molar-refractivity contribution in [3.8, 4) is 5.75 Å². The van der Waals surface area contributed by atoms with E-state index in [1.54, 1.807) is 24.3 Å². The molecule has 4 aromatic carbocycles. The summed E-state index contributed by atoms with van der Waals surface area (Å²) in [6, 6.07) is 25.6. The summed E-state index contributed by atoms with van der Waals surface area (Å²) in [4.78, 5) is 29.6. The lowest BCUT2D eigenvalue weighted by Crippen LogP contribution is -2.54. The number of carbonyl (C=O) groups excluding carboxylic acids is 2. The van der Waals surface area contributed by atoms with E-state index in [-0.39, 0.29) is 35.5 Å². The van der Waals surface area contributed by atoms with Crippen LogP contribution in [0.15, 0.2) is 108 Å².